The van der Waals surface area contributed by atoms with Gasteiger partial charge in [0.15, 0.2) is 17.7 Å². The van der Waals surface area contributed by atoms with Crippen LogP contribution in [-0.4, -0.2) is 17.1 Å². The summed E-state index contributed by atoms with van der Waals surface area (Å²) in [7, 11) is 0. The number of anilines is 1. The summed E-state index contributed by atoms with van der Waals surface area (Å²) in [5.74, 6) is -1.27. The van der Waals surface area contributed by atoms with Crippen molar-refractivity contribution in [1.82, 2.24) is 0 Å². The van der Waals surface area contributed by atoms with Crippen molar-refractivity contribution in [3.63, 3.8) is 0 Å². The summed E-state index contributed by atoms with van der Waals surface area (Å²) in [6, 6.07) is 10.2. The number of carbonyl (C=O) groups excluding carboxylic acids is 1. The van der Waals surface area contributed by atoms with Crippen LogP contribution in [0.1, 0.15) is 6.92 Å². The van der Waals surface area contributed by atoms with E-state index in [9.17, 15) is 9.18 Å². The van der Waals surface area contributed by atoms with Crippen molar-refractivity contribution in [3.8, 4) is 11.5 Å². The standard InChI is InChI=1S/C15H13ClFNO3/c1-9(21-12-4-2-3-10(16)7-12)15(20)18-11-5-6-14(19)13(17)8-11/h2-9,19H,1H3,(H,18,20). The Morgan fingerprint density at radius 3 is 2.76 bits per heavy atom. The van der Waals surface area contributed by atoms with Crippen LogP contribution in [0.25, 0.3) is 0 Å². The number of phenols is 1. The molecule has 0 radical (unpaired) electrons. The molecule has 1 amide bonds. The van der Waals surface area contributed by atoms with E-state index >= 15 is 0 Å². The molecule has 0 bridgehead atoms. The van der Waals surface area contributed by atoms with E-state index in [-0.39, 0.29) is 5.69 Å². The lowest BCUT2D eigenvalue weighted by Gasteiger charge is -2.15. The summed E-state index contributed by atoms with van der Waals surface area (Å²) in [6.07, 6.45) is -0.791. The second-order valence-electron chi connectivity index (χ2n) is 4.37. The van der Waals surface area contributed by atoms with Crippen molar-refractivity contribution >= 4 is 23.2 Å². The number of hydrogen-bond acceptors (Lipinski definition) is 3. The van der Waals surface area contributed by atoms with Gasteiger partial charge in [-0.05, 0) is 37.3 Å². The zero-order valence-corrected chi connectivity index (χ0v) is 11.9. The van der Waals surface area contributed by atoms with Crippen LogP contribution in [0.5, 0.6) is 11.5 Å². The van der Waals surface area contributed by atoms with E-state index in [1.807, 2.05) is 0 Å². The zero-order valence-electron chi connectivity index (χ0n) is 11.1. The summed E-state index contributed by atoms with van der Waals surface area (Å²) >= 11 is 5.82. The van der Waals surface area contributed by atoms with Crippen molar-refractivity contribution in [1.29, 1.82) is 0 Å². The molecule has 2 N–H and O–H groups in total. The average Bonchev–Trinajstić information content (AvgIpc) is 2.43. The Balaban J connectivity index is 2.00. The molecular formula is C15H13ClFNO3. The first kappa shape index (κ1) is 15.1. The molecule has 0 aliphatic heterocycles. The van der Waals surface area contributed by atoms with Crippen LogP contribution >= 0.6 is 11.6 Å². The number of carbonyl (C=O) groups is 1. The molecule has 2 aromatic rings. The maximum Gasteiger partial charge on any atom is 0.265 e. The van der Waals surface area contributed by atoms with Crippen LogP contribution in [-0.2, 0) is 4.79 Å². The molecule has 0 saturated heterocycles. The number of benzene rings is 2. The third-order valence-corrected chi connectivity index (χ3v) is 2.93. The number of nitrogens with one attached hydrogen (secondary N) is 1. The highest BCUT2D eigenvalue weighted by Crippen LogP contribution is 2.21. The van der Waals surface area contributed by atoms with Gasteiger partial charge in [-0.15, -0.1) is 0 Å². The van der Waals surface area contributed by atoms with Crippen molar-refractivity contribution in [2.24, 2.45) is 0 Å². The molecule has 6 heteroatoms. The number of aromatic hydroxyl groups is 1. The molecule has 0 aliphatic carbocycles. The molecule has 110 valence electrons. The van der Waals surface area contributed by atoms with Gasteiger partial charge in [-0.3, -0.25) is 4.79 Å². The zero-order chi connectivity index (χ0) is 15.4. The summed E-state index contributed by atoms with van der Waals surface area (Å²) in [4.78, 5) is 11.9. The average molecular weight is 310 g/mol. The minimum absolute atomic E-state index is 0.233. The largest absolute Gasteiger partial charge is 0.505 e. The van der Waals surface area contributed by atoms with Gasteiger partial charge in [0.25, 0.3) is 5.91 Å². The number of halogens is 2. The van der Waals surface area contributed by atoms with Crippen LogP contribution in [0.2, 0.25) is 5.02 Å². The molecule has 1 atom stereocenters. The van der Waals surface area contributed by atoms with Crippen LogP contribution in [0.4, 0.5) is 10.1 Å². The fourth-order valence-electron chi connectivity index (χ4n) is 1.63. The van der Waals surface area contributed by atoms with Crippen molar-refractivity contribution in [2.75, 3.05) is 5.32 Å². The van der Waals surface area contributed by atoms with E-state index in [0.717, 1.165) is 12.1 Å². The molecule has 0 spiro atoms. The number of hydrogen-bond donors (Lipinski definition) is 2. The van der Waals surface area contributed by atoms with Crippen molar-refractivity contribution in [2.45, 2.75) is 13.0 Å². The van der Waals surface area contributed by atoms with Crippen LogP contribution in [0.15, 0.2) is 42.5 Å². The first-order chi connectivity index (χ1) is 9.95. The Labute approximate surface area is 126 Å². The van der Waals surface area contributed by atoms with Crippen molar-refractivity contribution < 1.29 is 19.0 Å². The Bertz CT molecular complexity index is 663. The van der Waals surface area contributed by atoms with Gasteiger partial charge in [-0.2, -0.15) is 0 Å². The molecule has 0 saturated carbocycles. The second-order valence-corrected chi connectivity index (χ2v) is 4.81. The van der Waals surface area contributed by atoms with Crippen LogP contribution < -0.4 is 10.1 Å². The van der Waals surface area contributed by atoms with Gasteiger partial charge in [-0.1, -0.05) is 17.7 Å². The van der Waals surface area contributed by atoms with Gasteiger partial charge in [-0.25, -0.2) is 4.39 Å². The summed E-state index contributed by atoms with van der Waals surface area (Å²) in [5, 5.41) is 12.1. The van der Waals surface area contributed by atoms with E-state index in [1.165, 1.54) is 6.07 Å². The van der Waals surface area contributed by atoms with Crippen LogP contribution in [0.3, 0.4) is 0 Å². The third kappa shape index (κ3) is 4.10. The lowest BCUT2D eigenvalue weighted by atomic mass is 10.2. The molecule has 2 rings (SSSR count). The molecule has 0 aliphatic rings. The van der Waals surface area contributed by atoms with Crippen molar-refractivity contribution in [3.05, 3.63) is 53.3 Å². The maximum atomic E-state index is 13.2. The minimum atomic E-state index is -0.809. The molecule has 4 nitrogen and oxygen atoms in total. The topological polar surface area (TPSA) is 58.6 Å². The fraction of sp³-hybridized carbons (Fsp3) is 0.133. The molecule has 2 aromatic carbocycles. The Kier molecular flexibility index (Phi) is 4.65. The highest BCUT2D eigenvalue weighted by Gasteiger charge is 2.15. The normalized spacial score (nSPS) is 11.8. The van der Waals surface area contributed by atoms with Gasteiger partial charge in [0.05, 0.1) is 0 Å². The smallest absolute Gasteiger partial charge is 0.265 e. The van der Waals surface area contributed by atoms with E-state index in [4.69, 9.17) is 21.4 Å². The van der Waals surface area contributed by atoms with Gasteiger partial charge >= 0.3 is 0 Å². The quantitative estimate of drug-likeness (QED) is 0.849. The minimum Gasteiger partial charge on any atom is -0.505 e. The molecule has 1 unspecified atom stereocenters. The second kappa shape index (κ2) is 6.45. The summed E-state index contributed by atoms with van der Waals surface area (Å²) < 4.78 is 18.6. The lowest BCUT2D eigenvalue weighted by molar-refractivity contribution is -0.122. The van der Waals surface area contributed by atoms with Gasteiger partial charge in [0.2, 0.25) is 0 Å². The number of amides is 1. The number of rotatable bonds is 4. The molecule has 0 heterocycles. The Hall–Kier alpha value is -2.27. The van der Waals surface area contributed by atoms with E-state index < -0.39 is 23.6 Å². The molecule has 0 aromatic heterocycles. The number of phenolic OH excluding ortho intramolecular Hbond substituents is 1. The monoisotopic (exact) mass is 309 g/mol. The maximum absolute atomic E-state index is 13.2. The third-order valence-electron chi connectivity index (χ3n) is 2.69. The molecule has 0 fully saturated rings. The van der Waals surface area contributed by atoms with Crippen LogP contribution in [0, 0.1) is 5.82 Å². The molecular weight excluding hydrogens is 297 g/mol. The van der Waals surface area contributed by atoms with E-state index in [0.29, 0.717) is 10.8 Å². The van der Waals surface area contributed by atoms with Gasteiger partial charge < -0.3 is 15.2 Å². The predicted octanol–water partition coefficient (Wildman–Crippen LogP) is 3.59. The van der Waals surface area contributed by atoms with Gasteiger partial charge in [0, 0.05) is 16.8 Å². The first-order valence-electron chi connectivity index (χ1n) is 6.17. The molecule has 21 heavy (non-hydrogen) atoms. The van der Waals surface area contributed by atoms with E-state index in [2.05, 4.69) is 5.32 Å². The summed E-state index contributed by atoms with van der Waals surface area (Å²) in [6.45, 7) is 1.56. The highest BCUT2D eigenvalue weighted by molar-refractivity contribution is 6.30. The fourth-order valence-corrected chi connectivity index (χ4v) is 1.81. The van der Waals surface area contributed by atoms with E-state index in [1.54, 1.807) is 31.2 Å². The Morgan fingerprint density at radius 2 is 2.10 bits per heavy atom. The highest BCUT2D eigenvalue weighted by atomic mass is 35.5. The predicted molar refractivity (Wildman–Crippen MR) is 78.2 cm³/mol. The summed E-state index contributed by atoms with van der Waals surface area (Å²) in [5.41, 5.74) is 0.233. The number of ether oxygens (including phenoxy) is 1. The Morgan fingerprint density at radius 1 is 1.33 bits per heavy atom. The van der Waals surface area contributed by atoms with Gasteiger partial charge in [0.1, 0.15) is 5.75 Å². The first-order valence-corrected chi connectivity index (χ1v) is 6.55. The lowest BCUT2D eigenvalue weighted by Crippen LogP contribution is -2.30. The SMILES string of the molecule is CC(Oc1cccc(Cl)c1)C(=O)Nc1ccc(O)c(F)c1.